The molecule has 1 unspecified atom stereocenters. The van der Waals surface area contributed by atoms with Crippen LogP contribution in [0.2, 0.25) is 5.02 Å². The predicted octanol–water partition coefficient (Wildman–Crippen LogP) is 5.99. The predicted molar refractivity (Wildman–Crippen MR) is 141 cm³/mol. The highest BCUT2D eigenvalue weighted by molar-refractivity contribution is 7.99. The quantitative estimate of drug-likeness (QED) is 0.333. The van der Waals surface area contributed by atoms with Gasteiger partial charge in [0.05, 0.1) is 0 Å². The Hall–Kier alpha value is -2.76. The van der Waals surface area contributed by atoms with Gasteiger partial charge in [-0.1, -0.05) is 78.3 Å². The SMILES string of the molecule is CC(C)NC(=O)C(Cc1ccccc1)N(Cc1ccccc1Cl)C(=O)CCSc1ccccc1. The van der Waals surface area contributed by atoms with E-state index in [4.69, 9.17) is 11.6 Å². The number of carbonyl (C=O) groups excluding carboxylic acids is 2. The number of rotatable bonds is 11. The Balaban J connectivity index is 1.86. The van der Waals surface area contributed by atoms with E-state index in [-0.39, 0.29) is 24.4 Å². The molecule has 3 aromatic carbocycles. The van der Waals surface area contributed by atoms with Crippen molar-refractivity contribution in [2.75, 3.05) is 5.75 Å². The molecule has 0 radical (unpaired) electrons. The summed E-state index contributed by atoms with van der Waals surface area (Å²) in [6.07, 6.45) is 0.756. The molecular formula is C28H31ClN2O2S. The molecule has 0 heterocycles. The molecular weight excluding hydrogens is 464 g/mol. The van der Waals surface area contributed by atoms with E-state index in [1.807, 2.05) is 98.8 Å². The number of amides is 2. The summed E-state index contributed by atoms with van der Waals surface area (Å²) in [4.78, 5) is 29.7. The fourth-order valence-corrected chi connectivity index (χ4v) is 4.72. The Kier molecular flexibility index (Phi) is 10.0. The molecule has 1 N–H and O–H groups in total. The molecule has 0 spiro atoms. The molecule has 0 aliphatic rings. The number of benzene rings is 3. The molecule has 178 valence electrons. The summed E-state index contributed by atoms with van der Waals surface area (Å²) in [5, 5.41) is 3.59. The summed E-state index contributed by atoms with van der Waals surface area (Å²) in [6.45, 7) is 4.12. The van der Waals surface area contributed by atoms with Gasteiger partial charge < -0.3 is 10.2 Å². The minimum absolute atomic E-state index is 0.0309. The fraction of sp³-hybridized carbons (Fsp3) is 0.286. The Morgan fingerprint density at radius 2 is 1.53 bits per heavy atom. The largest absolute Gasteiger partial charge is 0.352 e. The van der Waals surface area contributed by atoms with Crippen LogP contribution in [0.3, 0.4) is 0 Å². The molecule has 6 heteroatoms. The molecule has 0 aromatic heterocycles. The van der Waals surface area contributed by atoms with Gasteiger partial charge in [-0.25, -0.2) is 0 Å². The van der Waals surface area contributed by atoms with Gasteiger partial charge in [-0.05, 0) is 43.2 Å². The first kappa shape index (κ1) is 25.9. The second kappa shape index (κ2) is 13.2. The first-order chi connectivity index (χ1) is 16.4. The molecule has 3 aromatic rings. The van der Waals surface area contributed by atoms with Crippen molar-refractivity contribution in [1.82, 2.24) is 10.2 Å². The lowest BCUT2D eigenvalue weighted by Crippen LogP contribution is -2.51. The number of thioether (sulfide) groups is 1. The number of halogens is 1. The highest BCUT2D eigenvalue weighted by Gasteiger charge is 2.30. The standard InChI is InChI=1S/C28H31ClN2O2S/c1-21(2)30-28(33)26(19-22-11-5-3-6-12-22)31(20-23-13-9-10-16-25(23)29)27(32)17-18-34-24-14-7-4-8-15-24/h3-16,21,26H,17-20H2,1-2H3,(H,30,33). The molecule has 1 atom stereocenters. The van der Waals surface area contributed by atoms with Crippen molar-refractivity contribution in [2.24, 2.45) is 0 Å². The van der Waals surface area contributed by atoms with Crippen LogP contribution in [0.4, 0.5) is 0 Å². The third-order valence-corrected chi connectivity index (χ3v) is 6.71. The lowest BCUT2D eigenvalue weighted by atomic mass is 10.0. The summed E-state index contributed by atoms with van der Waals surface area (Å²) < 4.78 is 0. The maximum Gasteiger partial charge on any atom is 0.243 e. The number of nitrogens with zero attached hydrogens (tertiary/aromatic N) is 1. The van der Waals surface area contributed by atoms with Gasteiger partial charge in [0.1, 0.15) is 6.04 Å². The molecule has 0 saturated carbocycles. The number of nitrogens with one attached hydrogen (secondary N) is 1. The zero-order valence-corrected chi connectivity index (χ0v) is 21.2. The average molecular weight is 495 g/mol. The minimum Gasteiger partial charge on any atom is -0.352 e. The summed E-state index contributed by atoms with van der Waals surface area (Å²) in [7, 11) is 0. The number of hydrogen-bond acceptors (Lipinski definition) is 3. The van der Waals surface area contributed by atoms with Crippen molar-refractivity contribution in [3.8, 4) is 0 Å². The van der Waals surface area contributed by atoms with Crippen molar-refractivity contribution in [3.63, 3.8) is 0 Å². The second-order valence-electron chi connectivity index (χ2n) is 8.39. The van der Waals surface area contributed by atoms with Crippen LogP contribution >= 0.6 is 23.4 Å². The van der Waals surface area contributed by atoms with Crippen molar-refractivity contribution in [2.45, 2.75) is 50.2 Å². The van der Waals surface area contributed by atoms with Gasteiger partial charge in [-0.3, -0.25) is 9.59 Å². The van der Waals surface area contributed by atoms with Crippen LogP contribution in [-0.2, 0) is 22.6 Å². The molecule has 0 aliphatic carbocycles. The van der Waals surface area contributed by atoms with E-state index in [1.165, 1.54) is 0 Å². The van der Waals surface area contributed by atoms with Gasteiger partial charge in [0.25, 0.3) is 0 Å². The van der Waals surface area contributed by atoms with E-state index < -0.39 is 6.04 Å². The van der Waals surface area contributed by atoms with E-state index in [2.05, 4.69) is 5.32 Å². The van der Waals surface area contributed by atoms with Gasteiger partial charge in [0, 0.05) is 41.1 Å². The Morgan fingerprint density at radius 1 is 0.912 bits per heavy atom. The zero-order chi connectivity index (χ0) is 24.3. The second-order valence-corrected chi connectivity index (χ2v) is 9.97. The van der Waals surface area contributed by atoms with Crippen molar-refractivity contribution in [1.29, 1.82) is 0 Å². The number of hydrogen-bond donors (Lipinski definition) is 1. The van der Waals surface area contributed by atoms with Gasteiger partial charge in [0.2, 0.25) is 11.8 Å². The van der Waals surface area contributed by atoms with Crippen LogP contribution < -0.4 is 5.32 Å². The van der Waals surface area contributed by atoms with Crippen molar-refractivity contribution in [3.05, 3.63) is 101 Å². The van der Waals surface area contributed by atoms with Crippen LogP contribution in [0.15, 0.2) is 89.8 Å². The van der Waals surface area contributed by atoms with Crippen molar-refractivity contribution >= 4 is 35.2 Å². The molecule has 4 nitrogen and oxygen atoms in total. The minimum atomic E-state index is -0.643. The van der Waals surface area contributed by atoms with Gasteiger partial charge in [0.15, 0.2) is 0 Å². The van der Waals surface area contributed by atoms with Gasteiger partial charge in [-0.15, -0.1) is 11.8 Å². The van der Waals surface area contributed by atoms with E-state index in [0.29, 0.717) is 23.6 Å². The first-order valence-corrected chi connectivity index (χ1v) is 12.9. The van der Waals surface area contributed by atoms with Crippen LogP contribution in [0.1, 0.15) is 31.4 Å². The molecule has 0 saturated heterocycles. The van der Waals surface area contributed by atoms with Gasteiger partial charge in [-0.2, -0.15) is 0 Å². The summed E-state index contributed by atoms with van der Waals surface area (Å²) in [5.41, 5.74) is 1.82. The Bertz CT molecular complexity index is 1060. The highest BCUT2D eigenvalue weighted by atomic mass is 35.5. The van der Waals surface area contributed by atoms with Crippen LogP contribution in [0, 0.1) is 0 Å². The lowest BCUT2D eigenvalue weighted by Gasteiger charge is -2.32. The third kappa shape index (κ3) is 7.93. The molecule has 0 bridgehead atoms. The summed E-state index contributed by atoms with van der Waals surface area (Å²) in [6, 6.07) is 26.6. The normalized spacial score (nSPS) is 11.8. The smallest absolute Gasteiger partial charge is 0.243 e. The molecule has 34 heavy (non-hydrogen) atoms. The molecule has 0 aliphatic heterocycles. The first-order valence-electron chi connectivity index (χ1n) is 11.5. The topological polar surface area (TPSA) is 49.4 Å². The van der Waals surface area contributed by atoms with E-state index >= 15 is 0 Å². The highest BCUT2D eigenvalue weighted by Crippen LogP contribution is 2.23. The zero-order valence-electron chi connectivity index (χ0n) is 19.6. The molecule has 2 amide bonds. The lowest BCUT2D eigenvalue weighted by molar-refractivity contribution is -0.141. The molecule has 3 rings (SSSR count). The van der Waals surface area contributed by atoms with Crippen LogP contribution in [-0.4, -0.2) is 34.6 Å². The Morgan fingerprint density at radius 3 is 2.18 bits per heavy atom. The summed E-state index contributed by atoms with van der Waals surface area (Å²) in [5.74, 6) is 0.407. The third-order valence-electron chi connectivity index (χ3n) is 5.33. The number of carbonyl (C=O) groups is 2. The maximum absolute atomic E-state index is 13.6. The summed E-state index contributed by atoms with van der Waals surface area (Å²) >= 11 is 8.08. The van der Waals surface area contributed by atoms with Gasteiger partial charge >= 0.3 is 0 Å². The van der Waals surface area contributed by atoms with E-state index in [1.54, 1.807) is 16.7 Å². The Labute approximate surface area is 211 Å². The molecule has 0 fully saturated rings. The van der Waals surface area contributed by atoms with E-state index in [0.717, 1.165) is 16.0 Å². The fourth-order valence-electron chi connectivity index (χ4n) is 3.66. The average Bonchev–Trinajstić information content (AvgIpc) is 2.83. The van der Waals surface area contributed by atoms with E-state index in [9.17, 15) is 9.59 Å². The maximum atomic E-state index is 13.6. The van der Waals surface area contributed by atoms with Crippen LogP contribution in [0.5, 0.6) is 0 Å². The van der Waals surface area contributed by atoms with Crippen molar-refractivity contribution < 1.29 is 9.59 Å². The monoisotopic (exact) mass is 494 g/mol. The van der Waals surface area contributed by atoms with Crippen LogP contribution in [0.25, 0.3) is 0 Å².